The fourth-order valence-corrected chi connectivity index (χ4v) is 5.71. The van der Waals surface area contributed by atoms with Crippen LogP contribution in [0, 0.1) is 12.7 Å². The maximum absolute atomic E-state index is 14.0. The quantitative estimate of drug-likeness (QED) is 0.566. The van der Waals surface area contributed by atoms with E-state index in [0.29, 0.717) is 23.7 Å². The molecule has 1 aliphatic heterocycles. The highest BCUT2D eigenvalue weighted by molar-refractivity contribution is 7.92. The van der Waals surface area contributed by atoms with Crippen LogP contribution in [0.2, 0.25) is 0 Å². The van der Waals surface area contributed by atoms with Gasteiger partial charge in [-0.2, -0.15) is 4.31 Å². The number of sulfonamides is 1. The average Bonchev–Trinajstić information content (AvgIpc) is 3.24. The van der Waals surface area contributed by atoms with E-state index in [4.69, 9.17) is 0 Å². The average molecular weight is 444 g/mol. The van der Waals surface area contributed by atoms with E-state index in [1.54, 1.807) is 24.3 Å². The molecule has 1 aliphatic rings. The predicted molar refractivity (Wildman–Crippen MR) is 118 cm³/mol. The number of piperidine rings is 1. The first kappa shape index (κ1) is 20.8. The molecule has 0 aliphatic carbocycles. The van der Waals surface area contributed by atoms with Crippen molar-refractivity contribution in [2.75, 3.05) is 13.1 Å². The van der Waals surface area contributed by atoms with Crippen LogP contribution in [0.1, 0.15) is 34.9 Å². The summed E-state index contributed by atoms with van der Waals surface area (Å²) in [6, 6.07) is 14.2. The molecule has 1 unspecified atom stereocenters. The van der Waals surface area contributed by atoms with Gasteiger partial charge in [-0.25, -0.2) is 12.8 Å². The molecule has 0 N–H and O–H groups in total. The monoisotopic (exact) mass is 443 g/mol. The van der Waals surface area contributed by atoms with Crippen molar-refractivity contribution in [3.05, 3.63) is 75.9 Å². The van der Waals surface area contributed by atoms with Crippen LogP contribution >= 0.6 is 11.3 Å². The van der Waals surface area contributed by atoms with Gasteiger partial charge in [-0.1, -0.05) is 53.3 Å². The molecule has 1 fully saturated rings. The Bertz CT molecular complexity index is 1160. The lowest BCUT2D eigenvalue weighted by Crippen LogP contribution is -2.37. The number of benzene rings is 2. The highest BCUT2D eigenvalue weighted by Gasteiger charge is 2.30. The molecular formula is C22H22FN3O2S2. The van der Waals surface area contributed by atoms with Gasteiger partial charge in [0.15, 0.2) is 5.01 Å². The molecule has 156 valence electrons. The van der Waals surface area contributed by atoms with E-state index >= 15 is 0 Å². The molecule has 5 nitrogen and oxygen atoms in total. The Morgan fingerprint density at radius 2 is 1.90 bits per heavy atom. The lowest BCUT2D eigenvalue weighted by molar-refractivity contribution is 0.318. The number of hydrogen-bond donors (Lipinski definition) is 0. The van der Waals surface area contributed by atoms with Crippen LogP contribution in [0.15, 0.2) is 53.9 Å². The molecule has 3 aromatic rings. The Labute approximate surface area is 180 Å². The standard InChI is InChI=1S/C22H22FN3O2S2/c1-16-8-10-17(11-9-16)12-14-30(27,28)26-13-4-5-18(15-26)21-24-25-22(29-21)19-6-2-3-7-20(19)23/h2-3,6-12,14,18H,4-5,13,15H2,1H3. The highest BCUT2D eigenvalue weighted by Crippen LogP contribution is 2.34. The maximum Gasteiger partial charge on any atom is 0.236 e. The minimum Gasteiger partial charge on any atom is -0.208 e. The molecular weight excluding hydrogens is 421 g/mol. The van der Waals surface area contributed by atoms with Crippen LogP contribution in [0.5, 0.6) is 0 Å². The van der Waals surface area contributed by atoms with Gasteiger partial charge in [-0.05, 0) is 43.5 Å². The van der Waals surface area contributed by atoms with E-state index in [1.807, 2.05) is 31.2 Å². The van der Waals surface area contributed by atoms with Crippen molar-refractivity contribution in [1.29, 1.82) is 0 Å². The zero-order chi connectivity index (χ0) is 21.1. The molecule has 1 atom stereocenters. The molecule has 0 bridgehead atoms. The van der Waals surface area contributed by atoms with Crippen LogP contribution < -0.4 is 0 Å². The van der Waals surface area contributed by atoms with Crippen molar-refractivity contribution in [3.63, 3.8) is 0 Å². The van der Waals surface area contributed by atoms with Gasteiger partial charge >= 0.3 is 0 Å². The van der Waals surface area contributed by atoms with Crippen LogP contribution in [0.25, 0.3) is 16.6 Å². The number of aryl methyl sites for hydroxylation is 1. The van der Waals surface area contributed by atoms with E-state index in [-0.39, 0.29) is 11.7 Å². The number of nitrogens with zero attached hydrogens (tertiary/aromatic N) is 3. The Hall–Kier alpha value is -2.42. The molecule has 30 heavy (non-hydrogen) atoms. The lowest BCUT2D eigenvalue weighted by Gasteiger charge is -2.29. The second-order valence-electron chi connectivity index (χ2n) is 7.38. The Balaban J connectivity index is 1.49. The number of hydrogen-bond acceptors (Lipinski definition) is 5. The lowest BCUT2D eigenvalue weighted by atomic mass is 10.0. The van der Waals surface area contributed by atoms with Gasteiger partial charge in [-0.3, -0.25) is 0 Å². The van der Waals surface area contributed by atoms with Crippen molar-refractivity contribution in [2.45, 2.75) is 25.7 Å². The van der Waals surface area contributed by atoms with Crippen LogP contribution in [-0.4, -0.2) is 36.0 Å². The minimum absolute atomic E-state index is 0.0423. The van der Waals surface area contributed by atoms with Gasteiger partial charge in [0.25, 0.3) is 0 Å². The summed E-state index contributed by atoms with van der Waals surface area (Å²) < 4.78 is 41.2. The maximum atomic E-state index is 14.0. The summed E-state index contributed by atoms with van der Waals surface area (Å²) in [6.07, 6.45) is 3.20. The summed E-state index contributed by atoms with van der Waals surface area (Å²) in [7, 11) is -3.54. The summed E-state index contributed by atoms with van der Waals surface area (Å²) in [5, 5.41) is 10.9. The SMILES string of the molecule is Cc1ccc(C=CS(=O)(=O)N2CCCC(c3nnc(-c4ccccc4F)s3)C2)cc1. The Kier molecular flexibility index (Phi) is 6.08. The normalized spacial score (nSPS) is 18.1. The third kappa shape index (κ3) is 4.66. The Morgan fingerprint density at radius 3 is 2.67 bits per heavy atom. The third-order valence-corrected chi connectivity index (χ3v) is 7.80. The summed E-state index contributed by atoms with van der Waals surface area (Å²) in [6.45, 7) is 2.83. The van der Waals surface area contributed by atoms with Gasteiger partial charge in [0.2, 0.25) is 10.0 Å². The molecule has 0 radical (unpaired) electrons. The summed E-state index contributed by atoms with van der Waals surface area (Å²) in [5.41, 5.74) is 2.39. The first-order chi connectivity index (χ1) is 14.4. The molecule has 1 aromatic heterocycles. The van der Waals surface area contributed by atoms with Crippen molar-refractivity contribution in [3.8, 4) is 10.6 Å². The van der Waals surface area contributed by atoms with Crippen LogP contribution in [0.3, 0.4) is 0 Å². The second-order valence-corrected chi connectivity index (χ2v) is 10.2. The second kappa shape index (κ2) is 8.75. The van der Waals surface area contributed by atoms with Crippen molar-refractivity contribution in [2.24, 2.45) is 0 Å². The third-order valence-electron chi connectivity index (χ3n) is 5.15. The predicted octanol–water partition coefficient (Wildman–Crippen LogP) is 4.83. The molecule has 0 saturated carbocycles. The number of rotatable bonds is 5. The van der Waals surface area contributed by atoms with Crippen LogP contribution in [-0.2, 0) is 10.0 Å². The van der Waals surface area contributed by atoms with Crippen molar-refractivity contribution < 1.29 is 12.8 Å². The first-order valence-electron chi connectivity index (χ1n) is 9.75. The van der Waals surface area contributed by atoms with Gasteiger partial charge < -0.3 is 0 Å². The fourth-order valence-electron chi connectivity index (χ4n) is 3.45. The Morgan fingerprint density at radius 1 is 1.13 bits per heavy atom. The van der Waals surface area contributed by atoms with E-state index < -0.39 is 10.0 Å². The summed E-state index contributed by atoms with van der Waals surface area (Å²) >= 11 is 1.33. The largest absolute Gasteiger partial charge is 0.236 e. The summed E-state index contributed by atoms with van der Waals surface area (Å²) in [4.78, 5) is 0. The van der Waals surface area contributed by atoms with Crippen molar-refractivity contribution in [1.82, 2.24) is 14.5 Å². The van der Waals surface area contributed by atoms with Gasteiger partial charge in [0.05, 0.1) is 0 Å². The van der Waals surface area contributed by atoms with Gasteiger partial charge in [0.1, 0.15) is 10.8 Å². The molecule has 4 rings (SSSR count). The first-order valence-corrected chi connectivity index (χ1v) is 12.1. The van der Waals surface area contributed by atoms with Crippen LogP contribution in [0.4, 0.5) is 4.39 Å². The zero-order valence-corrected chi connectivity index (χ0v) is 18.2. The summed E-state index contributed by atoms with van der Waals surface area (Å²) in [5.74, 6) is -0.381. The van der Waals surface area contributed by atoms with Gasteiger partial charge in [0, 0.05) is 30.0 Å². The fraction of sp³-hybridized carbons (Fsp3) is 0.273. The van der Waals surface area contributed by atoms with E-state index in [9.17, 15) is 12.8 Å². The molecule has 0 spiro atoms. The molecule has 2 aromatic carbocycles. The van der Waals surface area contributed by atoms with E-state index in [1.165, 1.54) is 27.1 Å². The molecule has 0 amide bonds. The number of aromatic nitrogens is 2. The van der Waals surface area contributed by atoms with Gasteiger partial charge in [-0.15, -0.1) is 10.2 Å². The topological polar surface area (TPSA) is 63.2 Å². The smallest absolute Gasteiger partial charge is 0.208 e. The number of halogens is 1. The molecule has 1 saturated heterocycles. The zero-order valence-electron chi connectivity index (χ0n) is 16.5. The van der Waals surface area contributed by atoms with Crippen molar-refractivity contribution >= 4 is 27.4 Å². The molecule has 8 heteroatoms. The minimum atomic E-state index is -3.54. The van der Waals surface area contributed by atoms with E-state index in [0.717, 1.165) is 29.0 Å². The highest BCUT2D eigenvalue weighted by atomic mass is 32.2. The van der Waals surface area contributed by atoms with E-state index in [2.05, 4.69) is 10.2 Å². The molecule has 2 heterocycles.